The maximum Gasteiger partial charge on any atom is 0.251 e. The van der Waals surface area contributed by atoms with E-state index in [4.69, 9.17) is 16.1 Å². The normalized spacial score (nSPS) is 17.4. The van der Waals surface area contributed by atoms with E-state index < -0.39 is 35.2 Å². The number of anilines is 1. The Morgan fingerprint density at radius 1 is 1.17 bits per heavy atom. The van der Waals surface area contributed by atoms with Crippen LogP contribution in [0.4, 0.5) is 14.5 Å². The first kappa shape index (κ1) is 24.7. The smallest absolute Gasteiger partial charge is 0.251 e. The molecule has 2 amide bonds. The number of alkyl halides is 3. The van der Waals surface area contributed by atoms with Crippen molar-refractivity contribution in [3.8, 4) is 11.3 Å². The van der Waals surface area contributed by atoms with E-state index in [2.05, 4.69) is 20.4 Å². The number of hydrogen-bond donors (Lipinski definition) is 1. The zero-order chi connectivity index (χ0) is 25.1. The van der Waals surface area contributed by atoms with Crippen LogP contribution in [-0.2, 0) is 15.1 Å². The summed E-state index contributed by atoms with van der Waals surface area (Å²) >= 11 is 5.97. The number of hydrogen-bond acceptors (Lipinski definition) is 6. The van der Waals surface area contributed by atoms with Crippen LogP contribution in [0.15, 0.2) is 59.8 Å². The molecule has 2 heterocycles. The second-order valence-corrected chi connectivity index (χ2v) is 8.86. The molecule has 1 unspecified atom stereocenters. The number of benzene rings is 1. The predicted molar refractivity (Wildman–Crippen MR) is 125 cm³/mol. The molecule has 1 saturated carbocycles. The summed E-state index contributed by atoms with van der Waals surface area (Å²) in [4.78, 5) is 36.3. The molecular formula is C24H24ClF2N5O3. The zero-order valence-corrected chi connectivity index (χ0v) is 19.7. The Balaban J connectivity index is 1.72. The highest BCUT2D eigenvalue weighted by Gasteiger charge is 2.46. The molecule has 184 valence electrons. The van der Waals surface area contributed by atoms with Gasteiger partial charge in [0.05, 0.1) is 6.20 Å². The monoisotopic (exact) mass is 503 g/mol. The third kappa shape index (κ3) is 5.17. The Morgan fingerprint density at radius 2 is 1.83 bits per heavy atom. The Labute approximate surface area is 205 Å². The van der Waals surface area contributed by atoms with Gasteiger partial charge in [0.2, 0.25) is 11.8 Å². The van der Waals surface area contributed by atoms with Crippen LogP contribution in [0.3, 0.4) is 0 Å². The van der Waals surface area contributed by atoms with Crippen molar-refractivity contribution in [3.63, 3.8) is 0 Å². The molecule has 1 aromatic carbocycles. The minimum absolute atomic E-state index is 0.134. The molecule has 8 nitrogen and oxygen atoms in total. The molecule has 3 aromatic rings. The maximum atomic E-state index is 13.8. The first-order valence-corrected chi connectivity index (χ1v) is 11.6. The Bertz CT molecular complexity index is 1150. The molecule has 0 aliphatic heterocycles. The number of rotatable bonds is 7. The first-order valence-electron chi connectivity index (χ1n) is 11.1. The fourth-order valence-electron chi connectivity index (χ4n) is 4.27. The van der Waals surface area contributed by atoms with Crippen molar-refractivity contribution in [1.29, 1.82) is 0 Å². The molecule has 0 bridgehead atoms. The molecule has 35 heavy (non-hydrogen) atoms. The topological polar surface area (TPSA) is 101 Å². The van der Waals surface area contributed by atoms with Gasteiger partial charge in [-0.2, -0.15) is 0 Å². The summed E-state index contributed by atoms with van der Waals surface area (Å²) in [5.41, 5.74) is -0.144. The van der Waals surface area contributed by atoms with Gasteiger partial charge in [0, 0.05) is 54.2 Å². The summed E-state index contributed by atoms with van der Waals surface area (Å²) in [6.45, 7) is 1.56. The lowest BCUT2D eigenvalue weighted by Gasteiger charge is -2.41. The van der Waals surface area contributed by atoms with Crippen molar-refractivity contribution in [1.82, 2.24) is 20.4 Å². The molecule has 11 heteroatoms. The molecule has 1 N–H and O–H groups in total. The van der Waals surface area contributed by atoms with E-state index in [9.17, 15) is 18.4 Å². The zero-order valence-electron chi connectivity index (χ0n) is 19.0. The number of halogens is 3. The van der Waals surface area contributed by atoms with Crippen LogP contribution in [0.25, 0.3) is 11.3 Å². The van der Waals surface area contributed by atoms with Gasteiger partial charge < -0.3 is 9.84 Å². The van der Waals surface area contributed by atoms with Gasteiger partial charge in [0.1, 0.15) is 12.2 Å². The largest absolute Gasteiger partial charge is 0.356 e. The van der Waals surface area contributed by atoms with E-state index >= 15 is 0 Å². The average molecular weight is 504 g/mol. The Morgan fingerprint density at radius 3 is 2.40 bits per heavy atom. The number of nitrogens with one attached hydrogen (secondary N) is 1. The molecule has 1 aliphatic rings. The van der Waals surface area contributed by atoms with Crippen LogP contribution in [0.2, 0.25) is 0 Å². The summed E-state index contributed by atoms with van der Waals surface area (Å²) in [5, 5.41) is 6.56. The highest BCUT2D eigenvalue weighted by atomic mass is 35.5. The molecule has 0 saturated heterocycles. The summed E-state index contributed by atoms with van der Waals surface area (Å²) in [7, 11) is 0. The van der Waals surface area contributed by atoms with E-state index in [0.717, 1.165) is 5.56 Å². The van der Waals surface area contributed by atoms with E-state index in [0.29, 0.717) is 17.0 Å². The Hall–Kier alpha value is -3.40. The van der Waals surface area contributed by atoms with Crippen LogP contribution in [0, 0.1) is 0 Å². The molecule has 1 atom stereocenters. The summed E-state index contributed by atoms with van der Waals surface area (Å²) in [6.07, 6.45) is 5.37. The van der Waals surface area contributed by atoms with Gasteiger partial charge in [-0.15, -0.1) is 11.6 Å². The molecule has 0 spiro atoms. The quantitative estimate of drug-likeness (QED) is 0.482. The highest BCUT2D eigenvalue weighted by Crippen LogP contribution is 2.37. The van der Waals surface area contributed by atoms with E-state index in [1.807, 2.05) is 0 Å². The molecule has 2 aromatic heterocycles. The van der Waals surface area contributed by atoms with Crippen molar-refractivity contribution in [2.75, 3.05) is 10.8 Å². The van der Waals surface area contributed by atoms with Gasteiger partial charge in [-0.1, -0.05) is 5.16 Å². The second kappa shape index (κ2) is 10.1. The minimum Gasteiger partial charge on any atom is -0.356 e. The number of amides is 2. The van der Waals surface area contributed by atoms with Gasteiger partial charge in [-0.3, -0.25) is 14.5 Å². The second-order valence-electron chi connectivity index (χ2n) is 8.59. The van der Waals surface area contributed by atoms with Crippen LogP contribution < -0.4 is 10.2 Å². The van der Waals surface area contributed by atoms with Crippen molar-refractivity contribution in [2.45, 2.75) is 50.1 Å². The Kier molecular flexibility index (Phi) is 7.11. The third-order valence-electron chi connectivity index (χ3n) is 6.28. The van der Waals surface area contributed by atoms with Crippen molar-refractivity contribution < 1.29 is 22.9 Å². The number of carbonyl (C=O) groups is 2. The minimum atomic E-state index is -2.73. The number of nitrogens with zero attached hydrogens (tertiary/aromatic N) is 4. The van der Waals surface area contributed by atoms with E-state index in [1.54, 1.807) is 37.3 Å². The average Bonchev–Trinajstić information content (AvgIpc) is 3.41. The van der Waals surface area contributed by atoms with Crippen LogP contribution in [0.5, 0.6) is 0 Å². The van der Waals surface area contributed by atoms with Gasteiger partial charge in [-0.25, -0.2) is 18.7 Å². The SMILES string of the molecule is CC(C(=O)NC1CCC(F)(F)CC1)(c1cncnc1)N(C(=O)CCl)c1ccc(-c2ccno2)cc1. The molecule has 4 rings (SSSR count). The van der Waals surface area contributed by atoms with Crippen LogP contribution in [-0.4, -0.2) is 44.8 Å². The van der Waals surface area contributed by atoms with Crippen molar-refractivity contribution in [3.05, 3.63) is 60.8 Å². The fourth-order valence-corrected chi connectivity index (χ4v) is 4.39. The summed E-state index contributed by atoms with van der Waals surface area (Å²) in [6, 6.07) is 8.04. The fraction of sp³-hybridized carbons (Fsp3) is 0.375. The number of aromatic nitrogens is 3. The standard InChI is InChI=1S/C24H24ClF2N5O3/c1-23(17-13-28-15-29-14-17,22(34)31-18-6-9-24(26,27)10-7-18)32(21(33)12-25)19-4-2-16(3-5-19)20-8-11-30-35-20/h2-5,8,11,13-15,18H,6-7,9-10,12H2,1H3,(H,31,34). The van der Waals surface area contributed by atoms with Gasteiger partial charge in [0.15, 0.2) is 11.3 Å². The van der Waals surface area contributed by atoms with Gasteiger partial charge in [0.25, 0.3) is 5.91 Å². The highest BCUT2D eigenvalue weighted by molar-refractivity contribution is 6.30. The van der Waals surface area contributed by atoms with Crippen LogP contribution >= 0.6 is 11.6 Å². The van der Waals surface area contributed by atoms with E-state index in [1.165, 1.54) is 29.8 Å². The van der Waals surface area contributed by atoms with Gasteiger partial charge >= 0.3 is 0 Å². The third-order valence-corrected chi connectivity index (χ3v) is 6.50. The number of carbonyl (C=O) groups excluding carboxylic acids is 2. The summed E-state index contributed by atoms with van der Waals surface area (Å²) in [5.74, 6) is -3.66. The maximum absolute atomic E-state index is 13.8. The molecule has 1 fully saturated rings. The predicted octanol–water partition coefficient (Wildman–Crippen LogP) is 4.31. The van der Waals surface area contributed by atoms with E-state index in [-0.39, 0.29) is 25.7 Å². The molecule has 0 radical (unpaired) electrons. The first-order chi connectivity index (χ1) is 16.7. The summed E-state index contributed by atoms with van der Waals surface area (Å²) < 4.78 is 32.5. The van der Waals surface area contributed by atoms with Crippen LogP contribution in [0.1, 0.15) is 38.2 Å². The lowest BCUT2D eigenvalue weighted by molar-refractivity contribution is -0.131. The van der Waals surface area contributed by atoms with Gasteiger partial charge in [-0.05, 0) is 44.0 Å². The lowest BCUT2D eigenvalue weighted by Crippen LogP contribution is -2.59. The van der Waals surface area contributed by atoms with Crippen molar-refractivity contribution in [2.24, 2.45) is 0 Å². The molecular weight excluding hydrogens is 480 g/mol. The molecule has 1 aliphatic carbocycles. The lowest BCUT2D eigenvalue weighted by atomic mass is 9.87. The van der Waals surface area contributed by atoms with Crippen molar-refractivity contribution >= 4 is 29.1 Å².